The van der Waals surface area contributed by atoms with Crippen LogP contribution < -0.4 is 10.6 Å². The molecular formula is C15H16N4. The highest BCUT2D eigenvalue weighted by atomic mass is 15.2. The van der Waals surface area contributed by atoms with Gasteiger partial charge in [-0.3, -0.25) is 0 Å². The molecule has 2 aromatic rings. The van der Waals surface area contributed by atoms with Crippen LogP contribution >= 0.6 is 0 Å². The summed E-state index contributed by atoms with van der Waals surface area (Å²) in [6.07, 6.45) is 0. The Morgan fingerprint density at radius 3 is 2.79 bits per heavy atom. The Hall–Kier alpha value is -2.54. The molecule has 0 atom stereocenters. The molecule has 1 aromatic carbocycles. The maximum atomic E-state index is 8.98. The molecule has 0 spiro atoms. The fourth-order valence-corrected chi connectivity index (χ4v) is 1.96. The van der Waals surface area contributed by atoms with E-state index in [2.05, 4.69) is 11.1 Å². The molecule has 19 heavy (non-hydrogen) atoms. The molecule has 1 heterocycles. The standard InChI is InChI=1S/C15H16N4/c1-11-6-13(9-16)8-15(18-11)19(2)10-12-4-3-5-14(17)7-12/h3-8H,10,17H2,1-2H3. The van der Waals surface area contributed by atoms with Gasteiger partial charge in [0.05, 0.1) is 11.6 Å². The van der Waals surface area contributed by atoms with Crippen molar-refractivity contribution in [1.82, 2.24) is 4.98 Å². The highest BCUT2D eigenvalue weighted by Crippen LogP contribution is 2.16. The van der Waals surface area contributed by atoms with Gasteiger partial charge in [0.1, 0.15) is 5.82 Å². The molecule has 4 nitrogen and oxygen atoms in total. The quantitative estimate of drug-likeness (QED) is 0.852. The number of rotatable bonds is 3. The molecule has 4 heteroatoms. The maximum absolute atomic E-state index is 8.98. The third-order valence-electron chi connectivity index (χ3n) is 2.83. The topological polar surface area (TPSA) is 65.9 Å². The summed E-state index contributed by atoms with van der Waals surface area (Å²) in [5.41, 5.74) is 9.10. The van der Waals surface area contributed by atoms with Crippen molar-refractivity contribution in [3.05, 3.63) is 53.2 Å². The fourth-order valence-electron chi connectivity index (χ4n) is 1.96. The second-order valence-electron chi connectivity index (χ2n) is 4.57. The lowest BCUT2D eigenvalue weighted by Gasteiger charge is -2.19. The van der Waals surface area contributed by atoms with E-state index in [9.17, 15) is 0 Å². The number of hydrogen-bond acceptors (Lipinski definition) is 4. The van der Waals surface area contributed by atoms with Crippen molar-refractivity contribution >= 4 is 11.5 Å². The van der Waals surface area contributed by atoms with E-state index in [4.69, 9.17) is 11.0 Å². The van der Waals surface area contributed by atoms with Crippen LogP contribution in [0.4, 0.5) is 11.5 Å². The molecule has 0 fully saturated rings. The summed E-state index contributed by atoms with van der Waals surface area (Å²) in [6, 6.07) is 13.5. The first-order valence-corrected chi connectivity index (χ1v) is 6.03. The summed E-state index contributed by atoms with van der Waals surface area (Å²) in [5, 5.41) is 8.98. The van der Waals surface area contributed by atoms with Crippen molar-refractivity contribution < 1.29 is 0 Å². The molecular weight excluding hydrogens is 236 g/mol. The predicted octanol–water partition coefficient (Wildman–Crippen LogP) is 2.48. The number of nitrogens with two attached hydrogens (primary N) is 1. The Morgan fingerprint density at radius 1 is 1.32 bits per heavy atom. The molecule has 0 unspecified atom stereocenters. The van der Waals surface area contributed by atoms with Gasteiger partial charge in [0.25, 0.3) is 0 Å². The van der Waals surface area contributed by atoms with Gasteiger partial charge in [-0.25, -0.2) is 4.98 Å². The summed E-state index contributed by atoms with van der Waals surface area (Å²) < 4.78 is 0. The molecule has 1 aromatic heterocycles. The Labute approximate surface area is 113 Å². The van der Waals surface area contributed by atoms with E-state index >= 15 is 0 Å². The molecule has 2 rings (SSSR count). The van der Waals surface area contributed by atoms with Crippen molar-refractivity contribution in [3.63, 3.8) is 0 Å². The molecule has 0 aliphatic heterocycles. The minimum absolute atomic E-state index is 0.627. The summed E-state index contributed by atoms with van der Waals surface area (Å²) in [7, 11) is 1.95. The van der Waals surface area contributed by atoms with E-state index < -0.39 is 0 Å². The van der Waals surface area contributed by atoms with Gasteiger partial charge in [0.2, 0.25) is 0 Å². The number of benzene rings is 1. The molecule has 0 saturated carbocycles. The summed E-state index contributed by atoms with van der Waals surface area (Å²) in [4.78, 5) is 6.45. The van der Waals surface area contributed by atoms with Crippen molar-refractivity contribution in [2.24, 2.45) is 0 Å². The normalized spacial score (nSPS) is 9.95. The minimum atomic E-state index is 0.627. The van der Waals surface area contributed by atoms with Gasteiger partial charge in [0.15, 0.2) is 0 Å². The van der Waals surface area contributed by atoms with E-state index in [-0.39, 0.29) is 0 Å². The number of pyridine rings is 1. The lowest BCUT2D eigenvalue weighted by Crippen LogP contribution is -2.18. The lowest BCUT2D eigenvalue weighted by molar-refractivity contribution is 0.892. The number of anilines is 2. The Bertz CT molecular complexity index is 628. The number of aromatic nitrogens is 1. The zero-order valence-electron chi connectivity index (χ0n) is 11.1. The average molecular weight is 252 g/mol. The van der Waals surface area contributed by atoms with Crippen LogP contribution in [-0.4, -0.2) is 12.0 Å². The van der Waals surface area contributed by atoms with Crippen LogP contribution in [0.5, 0.6) is 0 Å². The van der Waals surface area contributed by atoms with Gasteiger partial charge < -0.3 is 10.6 Å². The molecule has 0 aliphatic rings. The van der Waals surface area contributed by atoms with Crippen molar-refractivity contribution in [1.29, 1.82) is 5.26 Å². The van der Waals surface area contributed by atoms with Gasteiger partial charge in [-0.05, 0) is 36.8 Å². The van der Waals surface area contributed by atoms with Crippen molar-refractivity contribution in [3.8, 4) is 6.07 Å². The van der Waals surface area contributed by atoms with E-state index in [0.29, 0.717) is 12.1 Å². The monoisotopic (exact) mass is 252 g/mol. The minimum Gasteiger partial charge on any atom is -0.399 e. The Morgan fingerprint density at radius 2 is 2.11 bits per heavy atom. The van der Waals surface area contributed by atoms with Gasteiger partial charge in [-0.15, -0.1) is 0 Å². The largest absolute Gasteiger partial charge is 0.399 e. The summed E-state index contributed by atoms with van der Waals surface area (Å²) in [5.74, 6) is 0.791. The Balaban J connectivity index is 2.23. The second-order valence-corrected chi connectivity index (χ2v) is 4.57. The summed E-state index contributed by atoms with van der Waals surface area (Å²) >= 11 is 0. The number of nitrogen functional groups attached to an aromatic ring is 1. The first-order chi connectivity index (χ1) is 9.08. The maximum Gasteiger partial charge on any atom is 0.130 e. The van der Waals surface area contributed by atoms with Crippen LogP contribution in [0, 0.1) is 18.3 Å². The molecule has 0 bridgehead atoms. The molecule has 2 N–H and O–H groups in total. The van der Waals surface area contributed by atoms with E-state index in [1.807, 2.05) is 43.1 Å². The number of aryl methyl sites for hydroxylation is 1. The van der Waals surface area contributed by atoms with Crippen LogP contribution in [0.2, 0.25) is 0 Å². The number of hydrogen-bond donors (Lipinski definition) is 1. The molecule has 0 aliphatic carbocycles. The third kappa shape index (κ3) is 3.23. The van der Waals surface area contributed by atoms with Crippen LogP contribution in [0.15, 0.2) is 36.4 Å². The first-order valence-electron chi connectivity index (χ1n) is 6.03. The molecule has 0 radical (unpaired) electrons. The predicted molar refractivity (Wildman–Crippen MR) is 76.7 cm³/mol. The van der Waals surface area contributed by atoms with Crippen LogP contribution in [0.25, 0.3) is 0 Å². The van der Waals surface area contributed by atoms with Gasteiger partial charge >= 0.3 is 0 Å². The third-order valence-corrected chi connectivity index (χ3v) is 2.83. The van der Waals surface area contributed by atoms with Gasteiger partial charge in [-0.2, -0.15) is 5.26 Å². The zero-order chi connectivity index (χ0) is 13.8. The van der Waals surface area contributed by atoms with E-state index in [1.54, 1.807) is 12.1 Å². The van der Waals surface area contributed by atoms with Crippen molar-refractivity contribution in [2.75, 3.05) is 17.7 Å². The molecule has 0 amide bonds. The van der Waals surface area contributed by atoms with E-state index in [1.165, 1.54) is 0 Å². The van der Waals surface area contributed by atoms with Crippen LogP contribution in [0.3, 0.4) is 0 Å². The van der Waals surface area contributed by atoms with Gasteiger partial charge in [0, 0.05) is 25.0 Å². The van der Waals surface area contributed by atoms with Crippen LogP contribution in [0.1, 0.15) is 16.8 Å². The Kier molecular flexibility index (Phi) is 3.67. The highest BCUT2D eigenvalue weighted by Gasteiger charge is 2.06. The molecule has 0 saturated heterocycles. The summed E-state index contributed by atoms with van der Waals surface area (Å²) in [6.45, 7) is 2.59. The second kappa shape index (κ2) is 5.40. The van der Waals surface area contributed by atoms with E-state index in [0.717, 1.165) is 22.8 Å². The smallest absolute Gasteiger partial charge is 0.130 e. The van der Waals surface area contributed by atoms with Gasteiger partial charge in [-0.1, -0.05) is 12.1 Å². The number of nitriles is 1. The highest BCUT2D eigenvalue weighted by molar-refractivity contribution is 5.48. The van der Waals surface area contributed by atoms with Crippen molar-refractivity contribution in [2.45, 2.75) is 13.5 Å². The zero-order valence-corrected chi connectivity index (χ0v) is 11.1. The SMILES string of the molecule is Cc1cc(C#N)cc(N(C)Cc2cccc(N)c2)n1. The fraction of sp³-hybridized carbons (Fsp3) is 0.200. The average Bonchev–Trinajstić information content (AvgIpc) is 2.38. The first kappa shape index (κ1) is 12.9. The number of nitrogens with zero attached hydrogens (tertiary/aromatic N) is 3. The lowest BCUT2D eigenvalue weighted by atomic mass is 10.2. The molecule has 96 valence electrons. The van der Waals surface area contributed by atoms with Crippen LogP contribution in [-0.2, 0) is 6.54 Å².